The minimum Gasteiger partial charge on any atom is -0.478 e. The van der Waals surface area contributed by atoms with Gasteiger partial charge in [0.05, 0.1) is 10.6 Å². The number of hydrogen-bond donors (Lipinski definition) is 3. The van der Waals surface area contributed by atoms with E-state index in [4.69, 9.17) is 16.7 Å². The summed E-state index contributed by atoms with van der Waals surface area (Å²) < 4.78 is 0. The summed E-state index contributed by atoms with van der Waals surface area (Å²) in [6.45, 7) is 0. The average molecular weight is 266 g/mol. The first-order chi connectivity index (χ1) is 8.58. The van der Waals surface area contributed by atoms with Crippen LogP contribution in [0.1, 0.15) is 10.4 Å². The number of aromatic nitrogens is 2. The van der Waals surface area contributed by atoms with Crippen molar-refractivity contribution in [1.29, 1.82) is 0 Å². The molecule has 6 nitrogen and oxygen atoms in total. The van der Waals surface area contributed by atoms with E-state index < -0.39 is 11.5 Å². The number of H-pyrrole nitrogens is 1. The van der Waals surface area contributed by atoms with Crippen LogP contribution in [0.3, 0.4) is 0 Å². The standard InChI is InChI=1S/C11H8ClN3O3/c12-8-2-1-6(5-7(8)11(17)18)15-9-10(16)14-4-3-13-9/h1-5H,(H,13,15)(H,14,16)(H,17,18). The fourth-order valence-corrected chi connectivity index (χ4v) is 1.54. The Kier molecular flexibility index (Phi) is 3.29. The smallest absolute Gasteiger partial charge is 0.337 e. The summed E-state index contributed by atoms with van der Waals surface area (Å²) in [5.74, 6) is -1.06. The number of aromatic amines is 1. The number of carboxylic acids is 1. The van der Waals surface area contributed by atoms with Crippen molar-refractivity contribution >= 4 is 29.1 Å². The molecule has 0 unspecified atom stereocenters. The molecule has 0 spiro atoms. The van der Waals surface area contributed by atoms with Crippen LogP contribution in [0.25, 0.3) is 0 Å². The second kappa shape index (κ2) is 4.89. The van der Waals surface area contributed by atoms with E-state index in [2.05, 4.69) is 15.3 Å². The van der Waals surface area contributed by atoms with Gasteiger partial charge in [0, 0.05) is 18.1 Å². The van der Waals surface area contributed by atoms with Gasteiger partial charge in [0.15, 0.2) is 5.82 Å². The zero-order chi connectivity index (χ0) is 13.1. The van der Waals surface area contributed by atoms with Crippen molar-refractivity contribution in [3.8, 4) is 0 Å². The molecule has 1 aromatic carbocycles. The molecule has 0 saturated heterocycles. The van der Waals surface area contributed by atoms with Gasteiger partial charge in [-0.25, -0.2) is 9.78 Å². The molecule has 92 valence electrons. The topological polar surface area (TPSA) is 95.1 Å². The third-order valence-electron chi connectivity index (χ3n) is 2.17. The van der Waals surface area contributed by atoms with E-state index in [1.165, 1.54) is 24.5 Å². The molecule has 0 atom stereocenters. The Morgan fingerprint density at radius 2 is 2.22 bits per heavy atom. The van der Waals surface area contributed by atoms with Gasteiger partial charge in [-0.05, 0) is 18.2 Å². The maximum atomic E-state index is 11.4. The number of hydrogen-bond acceptors (Lipinski definition) is 4. The number of carbonyl (C=O) groups is 1. The third-order valence-corrected chi connectivity index (χ3v) is 2.50. The monoisotopic (exact) mass is 265 g/mol. The molecule has 1 aromatic heterocycles. The van der Waals surface area contributed by atoms with Crippen LogP contribution >= 0.6 is 11.6 Å². The number of carboxylic acid groups (broad SMARTS) is 1. The van der Waals surface area contributed by atoms with Gasteiger partial charge in [0.1, 0.15) is 0 Å². The minimum atomic E-state index is -1.14. The molecule has 0 aliphatic heterocycles. The van der Waals surface area contributed by atoms with Crippen LogP contribution in [0.4, 0.5) is 11.5 Å². The largest absolute Gasteiger partial charge is 0.478 e. The maximum absolute atomic E-state index is 11.4. The van der Waals surface area contributed by atoms with Gasteiger partial charge in [0.25, 0.3) is 5.56 Å². The van der Waals surface area contributed by atoms with Crippen LogP contribution in [0.5, 0.6) is 0 Å². The molecule has 0 aliphatic rings. The number of nitrogens with one attached hydrogen (secondary N) is 2. The predicted molar refractivity (Wildman–Crippen MR) is 66.6 cm³/mol. The first kappa shape index (κ1) is 12.1. The molecule has 0 fully saturated rings. The zero-order valence-electron chi connectivity index (χ0n) is 8.98. The van der Waals surface area contributed by atoms with Gasteiger partial charge in [-0.3, -0.25) is 4.79 Å². The van der Waals surface area contributed by atoms with Crippen LogP contribution in [-0.4, -0.2) is 21.0 Å². The van der Waals surface area contributed by atoms with E-state index in [1.54, 1.807) is 6.07 Å². The Morgan fingerprint density at radius 1 is 1.44 bits per heavy atom. The summed E-state index contributed by atoms with van der Waals surface area (Å²) in [6, 6.07) is 4.33. The lowest BCUT2D eigenvalue weighted by molar-refractivity contribution is 0.0697. The zero-order valence-corrected chi connectivity index (χ0v) is 9.73. The van der Waals surface area contributed by atoms with Crippen LogP contribution < -0.4 is 10.9 Å². The highest BCUT2D eigenvalue weighted by Gasteiger charge is 2.10. The summed E-state index contributed by atoms with van der Waals surface area (Å²) in [4.78, 5) is 28.6. The molecule has 0 saturated carbocycles. The Morgan fingerprint density at radius 3 is 2.89 bits per heavy atom. The Labute approximate surface area is 106 Å². The molecule has 0 bridgehead atoms. The molecular formula is C11H8ClN3O3. The highest BCUT2D eigenvalue weighted by molar-refractivity contribution is 6.33. The van der Waals surface area contributed by atoms with Crippen LogP contribution in [0, 0.1) is 0 Å². The quantitative estimate of drug-likeness (QED) is 0.787. The van der Waals surface area contributed by atoms with Crippen molar-refractivity contribution < 1.29 is 9.90 Å². The van der Waals surface area contributed by atoms with Crippen molar-refractivity contribution in [3.63, 3.8) is 0 Å². The second-order valence-electron chi connectivity index (χ2n) is 3.39. The minimum absolute atomic E-state index is 0.0472. The van der Waals surface area contributed by atoms with E-state index in [-0.39, 0.29) is 16.4 Å². The van der Waals surface area contributed by atoms with Gasteiger partial charge in [-0.2, -0.15) is 0 Å². The van der Waals surface area contributed by atoms with E-state index in [1.807, 2.05) is 0 Å². The molecule has 2 aromatic rings. The number of benzene rings is 1. The Hall–Kier alpha value is -2.34. The summed E-state index contributed by atoms with van der Waals surface area (Å²) in [7, 11) is 0. The number of aromatic carboxylic acids is 1. The van der Waals surface area contributed by atoms with Crippen molar-refractivity contribution in [2.75, 3.05) is 5.32 Å². The number of anilines is 2. The second-order valence-corrected chi connectivity index (χ2v) is 3.80. The molecule has 2 rings (SSSR count). The van der Waals surface area contributed by atoms with Gasteiger partial charge in [-0.1, -0.05) is 11.6 Å². The lowest BCUT2D eigenvalue weighted by atomic mass is 10.2. The highest BCUT2D eigenvalue weighted by Crippen LogP contribution is 2.21. The predicted octanol–water partition coefficient (Wildman–Crippen LogP) is 1.87. The fraction of sp³-hybridized carbons (Fsp3) is 0. The van der Waals surface area contributed by atoms with Crippen LogP contribution in [-0.2, 0) is 0 Å². The molecule has 0 aliphatic carbocycles. The molecule has 7 heteroatoms. The number of nitrogens with zero attached hydrogens (tertiary/aromatic N) is 1. The lowest BCUT2D eigenvalue weighted by Gasteiger charge is -2.06. The first-order valence-corrected chi connectivity index (χ1v) is 5.29. The summed E-state index contributed by atoms with van der Waals surface area (Å²) in [6.07, 6.45) is 2.82. The van der Waals surface area contributed by atoms with Crippen LogP contribution in [0.2, 0.25) is 5.02 Å². The number of halogens is 1. The van der Waals surface area contributed by atoms with Crippen molar-refractivity contribution in [2.24, 2.45) is 0 Å². The van der Waals surface area contributed by atoms with Gasteiger partial charge in [-0.15, -0.1) is 0 Å². The van der Waals surface area contributed by atoms with E-state index >= 15 is 0 Å². The normalized spacial score (nSPS) is 10.1. The highest BCUT2D eigenvalue weighted by atomic mass is 35.5. The summed E-state index contributed by atoms with van der Waals surface area (Å²) in [5, 5.41) is 11.8. The first-order valence-electron chi connectivity index (χ1n) is 4.91. The molecule has 18 heavy (non-hydrogen) atoms. The SMILES string of the molecule is O=C(O)c1cc(Nc2ncc[nH]c2=O)ccc1Cl. The molecule has 1 heterocycles. The van der Waals surface area contributed by atoms with Crippen molar-refractivity contribution in [2.45, 2.75) is 0 Å². The molecule has 0 amide bonds. The fourth-order valence-electron chi connectivity index (χ4n) is 1.34. The summed E-state index contributed by atoms with van der Waals surface area (Å²) >= 11 is 5.73. The number of rotatable bonds is 3. The molecular weight excluding hydrogens is 258 g/mol. The van der Waals surface area contributed by atoms with E-state index in [0.717, 1.165) is 0 Å². The maximum Gasteiger partial charge on any atom is 0.337 e. The molecule has 0 radical (unpaired) electrons. The van der Waals surface area contributed by atoms with Crippen LogP contribution in [0.15, 0.2) is 35.4 Å². The van der Waals surface area contributed by atoms with Crippen molar-refractivity contribution in [1.82, 2.24) is 9.97 Å². The van der Waals surface area contributed by atoms with E-state index in [9.17, 15) is 9.59 Å². The van der Waals surface area contributed by atoms with E-state index in [0.29, 0.717) is 5.69 Å². The average Bonchev–Trinajstić information content (AvgIpc) is 2.34. The molecule has 3 N–H and O–H groups in total. The van der Waals surface area contributed by atoms with Gasteiger partial charge >= 0.3 is 5.97 Å². The summed E-state index contributed by atoms with van der Waals surface area (Å²) in [5.41, 5.74) is -0.0284. The Bertz CT molecular complexity index is 654. The van der Waals surface area contributed by atoms with Gasteiger partial charge in [0.2, 0.25) is 0 Å². The third kappa shape index (κ3) is 2.49. The van der Waals surface area contributed by atoms with Gasteiger partial charge < -0.3 is 15.4 Å². The Balaban J connectivity index is 2.36. The van der Waals surface area contributed by atoms with Crippen molar-refractivity contribution in [3.05, 3.63) is 51.5 Å². The lowest BCUT2D eigenvalue weighted by Crippen LogP contribution is -2.12.